The number of ether oxygens (including phenoxy) is 1. The zero-order chi connectivity index (χ0) is 7.40. The van der Waals surface area contributed by atoms with E-state index < -0.39 is 6.16 Å². The summed E-state index contributed by atoms with van der Waals surface area (Å²) < 4.78 is 6.92. The third kappa shape index (κ3) is 2.02. The number of carboxylic acid groups (broad SMARTS) is 1. The van der Waals surface area contributed by atoms with E-state index in [4.69, 9.17) is 5.11 Å². The standard InChI is InChI=1S/C5H5NO3S/c7-5(8)9-4-2-1-3-10-6-4/h1-3,6H,(H,7,8). The van der Waals surface area contributed by atoms with Crippen LogP contribution in [0.2, 0.25) is 0 Å². The summed E-state index contributed by atoms with van der Waals surface area (Å²) in [5.74, 6) is 0.236. The number of hydrogen-bond acceptors (Lipinski definition) is 4. The van der Waals surface area contributed by atoms with Crippen molar-refractivity contribution in [1.29, 1.82) is 0 Å². The quantitative estimate of drug-likeness (QED) is 0.446. The van der Waals surface area contributed by atoms with E-state index in [1.807, 2.05) is 0 Å². The van der Waals surface area contributed by atoms with Crippen molar-refractivity contribution >= 4 is 18.1 Å². The summed E-state index contributed by atoms with van der Waals surface area (Å²) in [6, 6.07) is 0. The first kappa shape index (κ1) is 7.01. The van der Waals surface area contributed by atoms with Crippen molar-refractivity contribution in [2.24, 2.45) is 0 Å². The molecule has 0 aromatic carbocycles. The molecular weight excluding hydrogens is 154 g/mol. The fraction of sp³-hybridized carbons (Fsp3) is 0. The Balaban J connectivity index is 2.47. The second-order valence-electron chi connectivity index (χ2n) is 1.45. The summed E-state index contributed by atoms with van der Waals surface area (Å²) in [6.45, 7) is 0. The van der Waals surface area contributed by atoms with E-state index in [0.29, 0.717) is 0 Å². The van der Waals surface area contributed by atoms with E-state index in [9.17, 15) is 4.79 Å². The highest BCUT2D eigenvalue weighted by Crippen LogP contribution is 2.08. The Labute approximate surface area is 61.7 Å². The van der Waals surface area contributed by atoms with Crippen LogP contribution in [0.4, 0.5) is 4.79 Å². The van der Waals surface area contributed by atoms with Gasteiger partial charge in [-0.15, -0.1) is 0 Å². The lowest BCUT2D eigenvalue weighted by Crippen LogP contribution is -2.11. The molecule has 0 saturated heterocycles. The van der Waals surface area contributed by atoms with Crippen molar-refractivity contribution in [3.63, 3.8) is 0 Å². The maximum absolute atomic E-state index is 9.93. The molecular formula is C5H5NO3S. The molecule has 10 heavy (non-hydrogen) atoms. The molecule has 0 aromatic heterocycles. The van der Waals surface area contributed by atoms with Crippen molar-refractivity contribution in [2.75, 3.05) is 0 Å². The van der Waals surface area contributed by atoms with Crippen LogP contribution in [0.3, 0.4) is 0 Å². The molecule has 0 fully saturated rings. The van der Waals surface area contributed by atoms with Gasteiger partial charge in [0.1, 0.15) is 0 Å². The second-order valence-corrected chi connectivity index (χ2v) is 2.16. The third-order valence-corrected chi connectivity index (χ3v) is 1.36. The summed E-state index contributed by atoms with van der Waals surface area (Å²) in [6.07, 6.45) is 1.92. The predicted octanol–water partition coefficient (Wildman–Crippen LogP) is 1.29. The van der Waals surface area contributed by atoms with Crippen LogP contribution < -0.4 is 4.72 Å². The van der Waals surface area contributed by atoms with Crippen molar-refractivity contribution in [3.8, 4) is 0 Å². The van der Waals surface area contributed by atoms with Gasteiger partial charge in [0.05, 0.1) is 0 Å². The first-order valence-electron chi connectivity index (χ1n) is 2.48. The molecule has 1 rings (SSSR count). The van der Waals surface area contributed by atoms with Crippen molar-refractivity contribution in [1.82, 2.24) is 4.72 Å². The van der Waals surface area contributed by atoms with E-state index in [-0.39, 0.29) is 5.88 Å². The van der Waals surface area contributed by atoms with Crippen molar-refractivity contribution < 1.29 is 14.6 Å². The molecule has 0 amide bonds. The predicted molar refractivity (Wildman–Crippen MR) is 37.1 cm³/mol. The minimum atomic E-state index is -1.31. The fourth-order valence-corrected chi connectivity index (χ4v) is 0.892. The Hall–Kier alpha value is -1.10. The topological polar surface area (TPSA) is 58.6 Å². The van der Waals surface area contributed by atoms with Crippen LogP contribution in [-0.4, -0.2) is 11.3 Å². The normalized spacial score (nSPS) is 15.4. The van der Waals surface area contributed by atoms with Crippen LogP contribution in [0.15, 0.2) is 23.4 Å². The van der Waals surface area contributed by atoms with E-state index in [2.05, 4.69) is 9.46 Å². The molecule has 54 valence electrons. The lowest BCUT2D eigenvalue weighted by Gasteiger charge is -2.07. The molecule has 5 heteroatoms. The number of allylic oxidation sites excluding steroid dienone is 2. The molecule has 0 unspecified atom stereocenters. The summed E-state index contributed by atoms with van der Waals surface area (Å²) in [4.78, 5) is 9.93. The molecule has 0 aliphatic carbocycles. The van der Waals surface area contributed by atoms with Gasteiger partial charge >= 0.3 is 6.16 Å². The Morgan fingerprint density at radius 2 is 2.60 bits per heavy atom. The largest absolute Gasteiger partial charge is 0.512 e. The van der Waals surface area contributed by atoms with E-state index >= 15 is 0 Å². The molecule has 0 spiro atoms. The molecule has 2 N–H and O–H groups in total. The van der Waals surface area contributed by atoms with E-state index in [1.54, 1.807) is 11.5 Å². The zero-order valence-corrected chi connectivity index (χ0v) is 5.72. The average Bonchev–Trinajstić information content (AvgIpc) is 1.88. The summed E-state index contributed by atoms with van der Waals surface area (Å²) >= 11 is 1.26. The molecule has 0 radical (unpaired) electrons. The van der Waals surface area contributed by atoms with Crippen LogP contribution in [0.25, 0.3) is 0 Å². The van der Waals surface area contributed by atoms with Gasteiger partial charge in [-0.25, -0.2) is 4.79 Å². The van der Waals surface area contributed by atoms with Gasteiger partial charge in [0, 0.05) is 6.08 Å². The third-order valence-electron chi connectivity index (χ3n) is 0.751. The first-order chi connectivity index (χ1) is 4.79. The van der Waals surface area contributed by atoms with Gasteiger partial charge in [-0.05, 0) is 23.4 Å². The Morgan fingerprint density at radius 1 is 1.80 bits per heavy atom. The van der Waals surface area contributed by atoms with Crippen molar-refractivity contribution in [2.45, 2.75) is 0 Å². The zero-order valence-electron chi connectivity index (χ0n) is 4.90. The number of nitrogens with one attached hydrogen (secondary N) is 1. The maximum Gasteiger partial charge on any atom is 0.512 e. The van der Waals surface area contributed by atoms with Crippen LogP contribution in [0, 0.1) is 0 Å². The highest BCUT2D eigenvalue weighted by molar-refractivity contribution is 8.00. The van der Waals surface area contributed by atoms with Gasteiger partial charge in [0.2, 0.25) is 5.88 Å². The highest BCUT2D eigenvalue weighted by atomic mass is 32.2. The van der Waals surface area contributed by atoms with Crippen LogP contribution in [-0.2, 0) is 4.74 Å². The number of hydrogen-bond donors (Lipinski definition) is 2. The minimum absolute atomic E-state index is 0.236. The Bertz CT molecular complexity index is 199. The second kappa shape index (κ2) is 3.17. The molecule has 1 aliphatic heterocycles. The van der Waals surface area contributed by atoms with Gasteiger partial charge in [0.15, 0.2) is 0 Å². The summed E-state index contributed by atoms with van der Waals surface area (Å²) in [7, 11) is 0. The Morgan fingerprint density at radius 3 is 3.10 bits per heavy atom. The SMILES string of the molecule is O=C(O)OC1=CC=CSN1. The average molecular weight is 159 g/mol. The van der Waals surface area contributed by atoms with Crippen LogP contribution >= 0.6 is 11.9 Å². The van der Waals surface area contributed by atoms with Gasteiger partial charge in [-0.1, -0.05) is 0 Å². The summed E-state index contributed by atoms with van der Waals surface area (Å²) in [5.41, 5.74) is 0. The maximum atomic E-state index is 9.93. The van der Waals surface area contributed by atoms with Crippen LogP contribution in [0.1, 0.15) is 0 Å². The molecule has 4 nitrogen and oxygen atoms in total. The van der Waals surface area contributed by atoms with E-state index in [0.717, 1.165) is 0 Å². The first-order valence-corrected chi connectivity index (χ1v) is 3.36. The molecule has 0 atom stereocenters. The molecule has 0 bridgehead atoms. The van der Waals surface area contributed by atoms with Gasteiger partial charge < -0.3 is 9.84 Å². The highest BCUT2D eigenvalue weighted by Gasteiger charge is 2.03. The van der Waals surface area contributed by atoms with Gasteiger partial charge in [-0.2, -0.15) is 0 Å². The smallest absolute Gasteiger partial charge is 0.449 e. The molecule has 1 heterocycles. The number of carbonyl (C=O) groups is 1. The molecule has 0 aromatic rings. The number of rotatable bonds is 1. The fourth-order valence-electron chi connectivity index (χ4n) is 0.441. The Kier molecular flexibility index (Phi) is 2.22. The van der Waals surface area contributed by atoms with Crippen LogP contribution in [0.5, 0.6) is 0 Å². The molecule has 1 aliphatic rings. The summed E-state index contributed by atoms with van der Waals surface area (Å²) in [5, 5.41) is 9.90. The lowest BCUT2D eigenvalue weighted by molar-refractivity contribution is 0.116. The molecule has 0 saturated carbocycles. The minimum Gasteiger partial charge on any atom is -0.449 e. The monoisotopic (exact) mass is 159 g/mol. The lowest BCUT2D eigenvalue weighted by atomic mass is 10.6. The van der Waals surface area contributed by atoms with Crippen molar-refractivity contribution in [3.05, 3.63) is 23.4 Å². The van der Waals surface area contributed by atoms with Gasteiger partial charge in [-0.3, -0.25) is 4.72 Å². The van der Waals surface area contributed by atoms with Gasteiger partial charge in [0.25, 0.3) is 0 Å². The van der Waals surface area contributed by atoms with E-state index in [1.165, 1.54) is 18.0 Å².